The summed E-state index contributed by atoms with van der Waals surface area (Å²) in [5.74, 6) is -8.18. The number of aliphatic hydroxyl groups excluding tert-OH is 8. The van der Waals surface area contributed by atoms with Crippen molar-refractivity contribution < 1.29 is 131 Å². The first-order valence-corrected chi connectivity index (χ1v) is 41.9. The number of unbranched alkanes of at least 4 members (excludes halogenated alkanes) is 1. The number of rotatable bonds is 44. The average molecular weight is 2030 g/mol. The van der Waals surface area contributed by atoms with E-state index in [1.807, 2.05) is 0 Å². The summed E-state index contributed by atoms with van der Waals surface area (Å²) in [6.07, 6.45) is -37.6. The van der Waals surface area contributed by atoms with Crippen molar-refractivity contribution in [1.82, 2.24) is 114 Å². The molecule has 0 atom stereocenters. The maximum Gasteiger partial charge on any atom is 0.332 e. The van der Waals surface area contributed by atoms with E-state index in [1.165, 1.54) is 107 Å². The second kappa shape index (κ2) is 65.3. The minimum Gasteiger partial charge on any atom is -0.376 e. The van der Waals surface area contributed by atoms with Gasteiger partial charge in [0.15, 0.2) is 44.7 Å². The minimum atomic E-state index is -3.93. The molecule has 8 amide bonds. The third-order valence-electron chi connectivity index (χ3n) is 17.9. The molecule has 8 rings (SSSR count). The van der Waals surface area contributed by atoms with Crippen LogP contribution >= 0.6 is 15.9 Å². The number of carbonyl (C=O) groups is 8. The Morgan fingerprint density at radius 2 is 0.574 bits per heavy atom. The Kier molecular flexibility index (Phi) is 34.5. The van der Waals surface area contributed by atoms with Crippen LogP contribution in [-0.4, -0.2) is 318 Å². The van der Waals surface area contributed by atoms with E-state index in [0.29, 0.717) is 59.4 Å². The molecule has 49 heteroatoms. The van der Waals surface area contributed by atoms with Gasteiger partial charge in [0, 0.05) is 244 Å². The van der Waals surface area contributed by atoms with Crippen molar-refractivity contribution in [2.24, 2.45) is 56.2 Å². The predicted molar refractivity (Wildman–Crippen MR) is 515 cm³/mol. The highest BCUT2D eigenvalue weighted by molar-refractivity contribution is 9.09. The number of fused-ring (bicyclic) bond motifs is 4. The van der Waals surface area contributed by atoms with Crippen LogP contribution in [0.4, 0.5) is 0 Å². The molecule has 0 spiro atoms. The SMILES string of the molecule is [2H]C([2H])(C(=O)N(C)CO)C([2H])([2H])C([2H])([2H])C([2H])([2H])n1c(=O)c2c(ncn2C)n(C)c1=O.[2H]C([2H])(C)C([2H])([2H])C([2H])([2H])C([2H])([2H])C(=O)N(C)CO.[2H]C([2H])(CC)C([2H])([2H])C([2H])([2H])C(=O)N(C)CO.[2H]C([2H])(CCC)C([2H])([2H])C(=O)N(C)CO.[2H]C([2H])(CCCBr)C(=O)N(C)CO.[2H]C([2H])(CCCn1c(=O)c2c(ncn2C)n(C([2H])([2H])[2H])c1=O)C(=O)N(C)CO.[2H]C([2H])(CCCn1c(=O)c2c(ncn2C)n(C)c1=O)C(=O)N(C)CO.[2H]C([2H])([2H])n1c(=O)n(CCCCC(=O)N(C)CO)c(=O)c2c1ncn2C. The Morgan fingerprint density at radius 3 is 0.868 bits per heavy atom. The van der Waals surface area contributed by atoms with Crippen LogP contribution in [0.15, 0.2) is 63.7 Å². The zero-order valence-corrected chi connectivity index (χ0v) is 80.1. The molecule has 8 aromatic heterocycles. The van der Waals surface area contributed by atoms with Crippen LogP contribution in [0.5, 0.6) is 0 Å². The summed E-state index contributed by atoms with van der Waals surface area (Å²) in [4.78, 5) is 216. The van der Waals surface area contributed by atoms with Crippen LogP contribution in [0.3, 0.4) is 0 Å². The summed E-state index contributed by atoms with van der Waals surface area (Å²) in [5, 5.41) is 71.2. The number of imidazole rings is 4. The van der Waals surface area contributed by atoms with Crippen molar-refractivity contribution in [3.05, 3.63) is 109 Å². The number of amides is 8. The summed E-state index contributed by atoms with van der Waals surface area (Å²) >= 11 is 3.16. The number of aryl methyl sites for hydroxylation is 8. The van der Waals surface area contributed by atoms with Gasteiger partial charge in [0.2, 0.25) is 47.3 Å². The first-order valence-electron chi connectivity index (χ1n) is 59.7. The lowest BCUT2D eigenvalue weighted by Crippen LogP contribution is -2.39. The molecule has 768 valence electrons. The third-order valence-corrected chi connectivity index (χ3v) is 18.5. The van der Waals surface area contributed by atoms with Gasteiger partial charge in [-0.05, 0) is 83.2 Å². The smallest absolute Gasteiger partial charge is 0.332 e. The number of halogens is 1. The van der Waals surface area contributed by atoms with E-state index < -0.39 is 256 Å². The normalized spacial score (nSPS) is 16.7. The zero-order valence-electron chi connectivity index (χ0n) is 117. The van der Waals surface area contributed by atoms with Gasteiger partial charge in [0.1, 0.15) is 53.8 Å². The maximum absolute atomic E-state index is 12.9. The quantitative estimate of drug-likeness (QED) is 0.0141. The summed E-state index contributed by atoms with van der Waals surface area (Å²) in [6.45, 7) is -11.2. The summed E-state index contributed by atoms with van der Waals surface area (Å²) in [7, 11) is 18.3. The molecule has 0 fully saturated rings. The van der Waals surface area contributed by atoms with Crippen LogP contribution in [0, 0.1) is 0 Å². The molecule has 0 saturated carbocycles. The standard InChI is InChI=1S/4C14H21N5O4.3C8H17NO2.C7H14BrNO2/c4*1-16-8-15-12-11(16)13(22)19(14(23)18(12)3)7-5-4-6-10(21)17(2)9-20;3*1-3-4-5-6-8(11)9(2)7-10;1-9(6-10)7(11)4-2-3-5-8/h4*8,20H,4-7,9H2,1-3H3;3*10H,3-7H2,1-2H3;10H,2-6H2,1H3/i4D2,5D2,6D2,7D2;3D3,6D2;6D2;3D3;3D2,4D2,5D2,6D2;4D2,5D2,6D2;5D2,6D2;4D2. The van der Waals surface area contributed by atoms with Crippen molar-refractivity contribution in [3.63, 3.8) is 0 Å². The van der Waals surface area contributed by atoms with E-state index in [0.717, 1.165) is 77.9 Å². The number of hydrogen-bond donors (Lipinski definition) is 8. The summed E-state index contributed by atoms with van der Waals surface area (Å²) in [6, 6.07) is 0. The lowest BCUT2D eigenvalue weighted by Gasteiger charge is -2.13. The van der Waals surface area contributed by atoms with E-state index in [4.69, 9.17) is 92.9 Å². The Labute approximate surface area is 851 Å². The molecule has 8 N–H and O–H groups in total. The van der Waals surface area contributed by atoms with Gasteiger partial charge in [-0.25, -0.2) is 39.1 Å². The second-order valence-corrected chi connectivity index (χ2v) is 29.0. The molecule has 0 radical (unpaired) electrons. The van der Waals surface area contributed by atoms with Crippen LogP contribution in [0.2, 0.25) is 0 Å². The molecule has 0 unspecified atom stereocenters. The molecule has 136 heavy (non-hydrogen) atoms. The van der Waals surface area contributed by atoms with Gasteiger partial charge >= 0.3 is 22.8 Å². The third kappa shape index (κ3) is 38.6. The van der Waals surface area contributed by atoms with Crippen molar-refractivity contribution in [2.45, 2.75) is 220 Å². The molecule has 0 aromatic carbocycles. The fourth-order valence-electron chi connectivity index (χ4n) is 9.88. The minimum absolute atomic E-state index is 0.0228. The van der Waals surface area contributed by atoms with Gasteiger partial charge < -0.3 is 98.3 Å². The largest absolute Gasteiger partial charge is 0.376 e. The van der Waals surface area contributed by atoms with E-state index >= 15 is 0 Å². The fraction of sp³-hybridized carbons (Fsp3) is 0.678. The molecule has 8 heterocycles. The summed E-state index contributed by atoms with van der Waals surface area (Å²) < 4.78 is 301. The Hall–Kier alpha value is -11.5. The highest BCUT2D eigenvalue weighted by Gasteiger charge is 2.22. The van der Waals surface area contributed by atoms with Crippen molar-refractivity contribution in [2.75, 3.05) is 116 Å². The van der Waals surface area contributed by atoms with Gasteiger partial charge in [0.25, 0.3) is 22.2 Å². The second-order valence-electron chi connectivity index (χ2n) is 28.2. The highest BCUT2D eigenvalue weighted by Crippen LogP contribution is 2.13. The molecular formula is C87H149BrN24O24. The lowest BCUT2D eigenvalue weighted by molar-refractivity contribution is -0.134. The van der Waals surface area contributed by atoms with E-state index in [9.17, 15) is 76.7 Å². The molecule has 0 saturated heterocycles. The Morgan fingerprint density at radius 1 is 0.316 bits per heavy atom. The zero-order chi connectivity index (χ0) is 137. The van der Waals surface area contributed by atoms with Gasteiger partial charge in [-0.3, -0.25) is 94.1 Å². The van der Waals surface area contributed by atoms with Crippen molar-refractivity contribution in [3.8, 4) is 0 Å². The molecule has 0 bridgehead atoms. The topological polar surface area (TPSA) is 572 Å². The Bertz CT molecular complexity index is 7460. The number of alkyl halides is 1. The highest BCUT2D eigenvalue weighted by atomic mass is 79.9. The molecule has 0 aliphatic carbocycles. The van der Waals surface area contributed by atoms with Gasteiger partial charge in [-0.15, -0.1) is 0 Å². The van der Waals surface area contributed by atoms with E-state index in [1.54, 1.807) is 21.0 Å². The number of hydrogen-bond acceptors (Lipinski definition) is 28. The molecular weight excluding hydrogens is 1850 g/mol. The van der Waals surface area contributed by atoms with Gasteiger partial charge in [-0.2, -0.15) is 0 Å². The first-order chi connectivity index (χ1) is 78.7. The predicted octanol–water partition coefficient (Wildman–Crippen LogP) is -0.0667. The number of aliphatic hydroxyl groups is 8. The molecule has 0 aliphatic heterocycles. The molecule has 48 nitrogen and oxygen atoms in total. The first kappa shape index (κ1) is 71.9. The van der Waals surface area contributed by atoms with Gasteiger partial charge in [0.05, 0.1) is 28.1 Å². The van der Waals surface area contributed by atoms with Gasteiger partial charge in [-0.1, -0.05) is 75.1 Å². The van der Waals surface area contributed by atoms with Crippen LogP contribution in [-0.2, 0) is 121 Å². The monoisotopic (exact) mass is 2030 g/mol. The Balaban J connectivity index is 0.00000101. The summed E-state index contributed by atoms with van der Waals surface area (Å²) in [5.41, 5.74) is -7.47. The van der Waals surface area contributed by atoms with E-state index in [-0.39, 0.29) is 126 Å². The van der Waals surface area contributed by atoms with Crippen molar-refractivity contribution >= 4 is 108 Å². The van der Waals surface area contributed by atoms with Crippen LogP contribution in [0.25, 0.3) is 44.7 Å². The maximum atomic E-state index is 12.9. The number of carbonyl (C=O) groups excluding carboxylic acids is 8. The number of nitrogens with zero attached hydrogens (tertiary/aromatic N) is 24. The average Bonchev–Trinajstić information content (AvgIpc) is 1.19. The molecule has 0 aliphatic rings. The van der Waals surface area contributed by atoms with Crippen LogP contribution < -0.4 is 45.0 Å². The fourth-order valence-corrected chi connectivity index (χ4v) is 10.2. The van der Waals surface area contributed by atoms with Crippen LogP contribution in [0.1, 0.15) is 246 Å². The molecule has 8 aromatic rings. The lowest BCUT2D eigenvalue weighted by atomic mass is 10.2. The number of aromatic nitrogens is 16. The van der Waals surface area contributed by atoms with Crippen molar-refractivity contribution in [1.29, 1.82) is 0 Å². The van der Waals surface area contributed by atoms with E-state index in [2.05, 4.69) is 35.9 Å².